The summed E-state index contributed by atoms with van der Waals surface area (Å²) in [6.45, 7) is 1.54. The van der Waals surface area contributed by atoms with Crippen LogP contribution < -0.4 is 0 Å². The van der Waals surface area contributed by atoms with Gasteiger partial charge in [-0.05, 0) is 22.0 Å². The van der Waals surface area contributed by atoms with Gasteiger partial charge in [0, 0.05) is 23.7 Å². The lowest BCUT2D eigenvalue weighted by Gasteiger charge is -2.17. The summed E-state index contributed by atoms with van der Waals surface area (Å²) in [6.07, 6.45) is 0.536. The van der Waals surface area contributed by atoms with E-state index in [1.54, 1.807) is 7.05 Å². The minimum absolute atomic E-state index is 0.606. The van der Waals surface area contributed by atoms with Gasteiger partial charge in [-0.25, -0.2) is 0 Å². The molecule has 0 spiro atoms. The van der Waals surface area contributed by atoms with Crippen molar-refractivity contribution in [2.45, 2.75) is 19.3 Å². The van der Waals surface area contributed by atoms with Crippen molar-refractivity contribution in [3.05, 3.63) is 10.6 Å². The maximum absolute atomic E-state index is 9.40. The summed E-state index contributed by atoms with van der Waals surface area (Å²) >= 11 is 3.14. The Morgan fingerprint density at radius 2 is 1.92 bits per heavy atom. The van der Waals surface area contributed by atoms with E-state index in [1.165, 1.54) is 19.2 Å². The Morgan fingerprint density at radius 1 is 1.38 bits per heavy atom. The molecule has 0 heterocycles. The lowest BCUT2D eigenvalue weighted by molar-refractivity contribution is -0.103. The van der Waals surface area contributed by atoms with Gasteiger partial charge in [0.1, 0.15) is 0 Å². The molecule has 0 saturated heterocycles. The third-order valence-electron chi connectivity index (χ3n) is 1.59. The molecular weight excluding hydrogens is 238 g/mol. The highest BCUT2D eigenvalue weighted by Gasteiger charge is 2.18. The third-order valence-corrected chi connectivity index (χ3v) is 2.06. The number of hydrogen-bond acceptors (Lipinski definition) is 4. The Kier molecular flexibility index (Phi) is 6.15. The summed E-state index contributed by atoms with van der Waals surface area (Å²) < 4.78 is 0.606. The molecule has 0 amide bonds. The Hall–Kier alpha value is -0.230. The van der Waals surface area contributed by atoms with E-state index in [1.807, 2.05) is 0 Å². The number of rotatable bonds is 4. The van der Waals surface area contributed by atoms with E-state index in [2.05, 4.69) is 20.9 Å². The van der Waals surface area contributed by atoms with Gasteiger partial charge in [-0.3, -0.25) is 4.99 Å². The average Bonchev–Trinajstić information content (AvgIpc) is 2.03. The average molecular weight is 252 g/mol. The molecule has 0 aliphatic rings. The van der Waals surface area contributed by atoms with Crippen LogP contribution in [0, 0.1) is 5.92 Å². The molecule has 13 heavy (non-hydrogen) atoms. The Balaban J connectivity index is 4.27. The number of aliphatic imine (C=N–C) groups is 1. The van der Waals surface area contributed by atoms with Crippen LogP contribution in [0.1, 0.15) is 6.92 Å². The van der Waals surface area contributed by atoms with Crippen molar-refractivity contribution in [3.63, 3.8) is 0 Å². The van der Waals surface area contributed by atoms with Crippen LogP contribution in [0.4, 0.5) is 0 Å². The van der Waals surface area contributed by atoms with Crippen molar-refractivity contribution in [3.8, 4) is 0 Å². The molecule has 3 N–H and O–H groups in total. The minimum atomic E-state index is -1.52. The van der Waals surface area contributed by atoms with Gasteiger partial charge in [0.25, 0.3) is 0 Å². The second-order valence-electron chi connectivity index (χ2n) is 2.70. The molecule has 0 aromatic heterocycles. The van der Waals surface area contributed by atoms with Crippen LogP contribution >= 0.6 is 15.9 Å². The van der Waals surface area contributed by atoms with Gasteiger partial charge in [-0.15, -0.1) is 0 Å². The molecule has 0 bridgehead atoms. The predicted octanol–water partition coefficient (Wildman–Crippen LogP) is 0.274. The molecular formula is C8H14BrNO3. The molecule has 0 saturated carbocycles. The maximum Gasteiger partial charge on any atom is 0.156 e. The smallest absolute Gasteiger partial charge is 0.156 e. The van der Waals surface area contributed by atoms with Crippen molar-refractivity contribution in [2.24, 2.45) is 10.9 Å². The molecule has 0 radical (unpaired) electrons. The number of halogens is 1. The third kappa shape index (κ3) is 5.15. The van der Waals surface area contributed by atoms with Crippen LogP contribution in [0.5, 0.6) is 0 Å². The SMILES string of the molecule is CN=C/C(Br)=C/C(O)C(C)C(O)O. The lowest BCUT2D eigenvalue weighted by atomic mass is 10.0. The van der Waals surface area contributed by atoms with Gasteiger partial charge in [0.05, 0.1) is 6.10 Å². The van der Waals surface area contributed by atoms with E-state index in [9.17, 15) is 5.11 Å². The predicted molar refractivity (Wildman–Crippen MR) is 54.8 cm³/mol. The molecule has 0 rings (SSSR count). The minimum Gasteiger partial charge on any atom is -0.389 e. The van der Waals surface area contributed by atoms with Crippen molar-refractivity contribution in [2.75, 3.05) is 7.05 Å². The van der Waals surface area contributed by atoms with Gasteiger partial charge in [-0.1, -0.05) is 6.92 Å². The Labute approximate surface area is 85.7 Å². The highest BCUT2D eigenvalue weighted by Crippen LogP contribution is 2.12. The van der Waals surface area contributed by atoms with Crippen LogP contribution in [0.3, 0.4) is 0 Å². The van der Waals surface area contributed by atoms with Crippen molar-refractivity contribution in [1.29, 1.82) is 0 Å². The van der Waals surface area contributed by atoms with E-state index in [-0.39, 0.29) is 0 Å². The van der Waals surface area contributed by atoms with Crippen molar-refractivity contribution in [1.82, 2.24) is 0 Å². The first-order valence-corrected chi connectivity index (χ1v) is 4.62. The molecule has 2 unspecified atom stereocenters. The van der Waals surface area contributed by atoms with E-state index < -0.39 is 18.3 Å². The fraction of sp³-hybridized carbons (Fsp3) is 0.625. The first kappa shape index (κ1) is 12.8. The van der Waals surface area contributed by atoms with E-state index in [0.29, 0.717) is 4.48 Å². The molecule has 0 fully saturated rings. The molecule has 76 valence electrons. The zero-order chi connectivity index (χ0) is 10.4. The summed E-state index contributed by atoms with van der Waals surface area (Å²) in [7, 11) is 1.60. The summed E-state index contributed by atoms with van der Waals surface area (Å²) in [5, 5.41) is 26.9. The Morgan fingerprint density at radius 3 is 2.31 bits per heavy atom. The van der Waals surface area contributed by atoms with Crippen LogP contribution in [0.25, 0.3) is 0 Å². The standard InChI is InChI=1S/C8H14BrNO3/c1-5(8(12)13)7(11)3-6(9)4-10-2/h3-5,7-8,11-13H,1-2H3/b6-3-,10-4?. The quantitative estimate of drug-likeness (QED) is 0.497. The van der Waals surface area contributed by atoms with Crippen molar-refractivity contribution < 1.29 is 15.3 Å². The Bertz CT molecular complexity index is 204. The number of allylic oxidation sites excluding steroid dienone is 1. The van der Waals surface area contributed by atoms with Gasteiger partial charge in [0.15, 0.2) is 6.29 Å². The summed E-state index contributed by atoms with van der Waals surface area (Å²) in [5.41, 5.74) is 0. The summed E-state index contributed by atoms with van der Waals surface area (Å²) in [4.78, 5) is 3.72. The fourth-order valence-corrected chi connectivity index (χ4v) is 1.13. The second kappa shape index (κ2) is 6.26. The fourth-order valence-electron chi connectivity index (χ4n) is 0.658. The highest BCUT2D eigenvalue weighted by molar-refractivity contribution is 9.12. The molecule has 2 atom stereocenters. The largest absolute Gasteiger partial charge is 0.389 e. The molecule has 5 heteroatoms. The van der Waals surface area contributed by atoms with Crippen LogP contribution in [-0.4, -0.2) is 41.0 Å². The zero-order valence-corrected chi connectivity index (χ0v) is 9.14. The van der Waals surface area contributed by atoms with Crippen LogP contribution in [0.15, 0.2) is 15.6 Å². The number of hydrogen-bond donors (Lipinski definition) is 3. The van der Waals surface area contributed by atoms with Crippen molar-refractivity contribution >= 4 is 22.1 Å². The molecule has 0 aromatic carbocycles. The zero-order valence-electron chi connectivity index (χ0n) is 7.55. The van der Waals surface area contributed by atoms with Gasteiger partial charge < -0.3 is 15.3 Å². The molecule has 0 aliphatic heterocycles. The molecule has 0 aliphatic carbocycles. The second-order valence-corrected chi connectivity index (χ2v) is 3.62. The van der Waals surface area contributed by atoms with E-state index in [0.717, 1.165) is 0 Å². The number of aliphatic hydroxyl groups excluding tert-OH is 2. The van der Waals surface area contributed by atoms with E-state index in [4.69, 9.17) is 10.2 Å². The van der Waals surface area contributed by atoms with Crippen LogP contribution in [0.2, 0.25) is 0 Å². The topological polar surface area (TPSA) is 73.1 Å². The molecule has 0 aromatic rings. The highest BCUT2D eigenvalue weighted by atomic mass is 79.9. The van der Waals surface area contributed by atoms with Gasteiger partial charge in [-0.2, -0.15) is 0 Å². The van der Waals surface area contributed by atoms with Gasteiger partial charge in [0.2, 0.25) is 0 Å². The summed E-state index contributed by atoms with van der Waals surface area (Å²) in [5.74, 6) is -0.627. The lowest BCUT2D eigenvalue weighted by Crippen LogP contribution is -2.27. The monoisotopic (exact) mass is 251 g/mol. The van der Waals surface area contributed by atoms with E-state index >= 15 is 0 Å². The number of nitrogens with zero attached hydrogens (tertiary/aromatic N) is 1. The van der Waals surface area contributed by atoms with Crippen LogP contribution in [-0.2, 0) is 0 Å². The normalized spacial score (nSPS) is 18.2. The first-order chi connectivity index (χ1) is 5.99. The molecule has 4 nitrogen and oxygen atoms in total. The summed E-state index contributed by atoms with van der Waals surface area (Å²) in [6, 6.07) is 0. The first-order valence-electron chi connectivity index (χ1n) is 3.82. The number of aliphatic hydroxyl groups is 3. The maximum atomic E-state index is 9.40. The van der Waals surface area contributed by atoms with Gasteiger partial charge >= 0.3 is 0 Å².